The maximum absolute atomic E-state index is 12.5. The van der Waals surface area contributed by atoms with Gasteiger partial charge in [-0.1, -0.05) is 11.6 Å². The molecule has 2 fully saturated rings. The third-order valence-corrected chi connectivity index (χ3v) is 6.28. The van der Waals surface area contributed by atoms with Gasteiger partial charge < -0.3 is 15.1 Å². The average Bonchev–Trinajstić information content (AvgIpc) is 2.67. The number of benzene rings is 1. The number of carbonyl (C=O) groups is 2. The van der Waals surface area contributed by atoms with Crippen molar-refractivity contribution in [2.45, 2.75) is 36.6 Å². The SMILES string of the molecule is Cl.O=C(CCCSc1ccc(Cl)cc1)N1CCCC(N2CCNCC2=O)C1. The minimum atomic E-state index is 0. The Morgan fingerprint density at radius 1 is 1.26 bits per heavy atom. The molecular formula is C19H27Cl2N3O2S. The summed E-state index contributed by atoms with van der Waals surface area (Å²) in [7, 11) is 0. The van der Waals surface area contributed by atoms with Crippen molar-refractivity contribution >= 4 is 47.6 Å². The molecule has 2 aliphatic rings. The number of thioether (sulfide) groups is 1. The van der Waals surface area contributed by atoms with E-state index in [2.05, 4.69) is 5.32 Å². The van der Waals surface area contributed by atoms with Gasteiger partial charge >= 0.3 is 0 Å². The average molecular weight is 432 g/mol. The zero-order chi connectivity index (χ0) is 18.4. The lowest BCUT2D eigenvalue weighted by molar-refractivity contribution is -0.140. The van der Waals surface area contributed by atoms with Gasteiger partial charge in [0.1, 0.15) is 0 Å². The number of rotatable bonds is 6. The number of piperazine rings is 1. The lowest BCUT2D eigenvalue weighted by atomic mass is 10.0. The maximum Gasteiger partial charge on any atom is 0.236 e. The summed E-state index contributed by atoms with van der Waals surface area (Å²) in [5.41, 5.74) is 0. The van der Waals surface area contributed by atoms with Crippen LogP contribution in [-0.4, -0.2) is 66.1 Å². The van der Waals surface area contributed by atoms with E-state index in [0.717, 1.165) is 49.7 Å². The molecule has 1 aromatic carbocycles. The Balaban J connectivity index is 0.00000261. The molecule has 2 amide bonds. The van der Waals surface area contributed by atoms with E-state index in [1.807, 2.05) is 34.1 Å². The van der Waals surface area contributed by atoms with Gasteiger partial charge in [-0.2, -0.15) is 0 Å². The van der Waals surface area contributed by atoms with Crippen molar-refractivity contribution in [1.82, 2.24) is 15.1 Å². The van der Waals surface area contributed by atoms with E-state index in [1.54, 1.807) is 11.8 Å². The molecule has 0 radical (unpaired) electrons. The van der Waals surface area contributed by atoms with Crippen LogP contribution < -0.4 is 5.32 Å². The Labute approximate surface area is 176 Å². The van der Waals surface area contributed by atoms with Crippen LogP contribution in [0.4, 0.5) is 0 Å². The van der Waals surface area contributed by atoms with Crippen molar-refractivity contribution in [2.24, 2.45) is 0 Å². The molecule has 1 unspecified atom stereocenters. The van der Waals surface area contributed by atoms with Gasteiger partial charge in [0, 0.05) is 48.6 Å². The Kier molecular flexibility index (Phi) is 9.22. The lowest BCUT2D eigenvalue weighted by Crippen LogP contribution is -2.57. The number of piperidine rings is 1. The normalized spacial score (nSPS) is 20.3. The highest BCUT2D eigenvalue weighted by Crippen LogP contribution is 2.22. The number of amides is 2. The van der Waals surface area contributed by atoms with Crippen LogP contribution in [0, 0.1) is 0 Å². The highest BCUT2D eigenvalue weighted by molar-refractivity contribution is 7.99. The van der Waals surface area contributed by atoms with Gasteiger partial charge in [-0.05, 0) is 49.3 Å². The first-order chi connectivity index (χ1) is 12.6. The number of carbonyl (C=O) groups excluding carboxylic acids is 2. The molecule has 2 saturated heterocycles. The summed E-state index contributed by atoms with van der Waals surface area (Å²) in [6, 6.07) is 7.98. The third-order valence-electron chi connectivity index (χ3n) is 4.93. The minimum Gasteiger partial charge on any atom is -0.341 e. The van der Waals surface area contributed by atoms with Crippen molar-refractivity contribution < 1.29 is 9.59 Å². The number of likely N-dealkylation sites (tertiary alicyclic amines) is 1. The Morgan fingerprint density at radius 3 is 2.78 bits per heavy atom. The van der Waals surface area contributed by atoms with Gasteiger partial charge in [-0.3, -0.25) is 9.59 Å². The predicted molar refractivity (Wildman–Crippen MR) is 113 cm³/mol. The van der Waals surface area contributed by atoms with E-state index in [1.165, 1.54) is 4.90 Å². The summed E-state index contributed by atoms with van der Waals surface area (Å²) in [5.74, 6) is 1.30. The fourth-order valence-corrected chi connectivity index (χ4v) is 4.52. The van der Waals surface area contributed by atoms with Crippen LogP contribution in [0.15, 0.2) is 29.2 Å². The first kappa shape index (κ1) is 22.3. The number of nitrogens with one attached hydrogen (secondary N) is 1. The minimum absolute atomic E-state index is 0. The molecule has 1 aromatic rings. The van der Waals surface area contributed by atoms with E-state index < -0.39 is 0 Å². The molecule has 0 spiro atoms. The summed E-state index contributed by atoms with van der Waals surface area (Å²) in [4.78, 5) is 29.7. The van der Waals surface area contributed by atoms with Crippen LogP contribution in [0.5, 0.6) is 0 Å². The zero-order valence-corrected chi connectivity index (χ0v) is 17.8. The van der Waals surface area contributed by atoms with E-state index >= 15 is 0 Å². The molecule has 0 saturated carbocycles. The Bertz CT molecular complexity index is 630. The second kappa shape index (κ2) is 11.1. The number of halogens is 2. The summed E-state index contributed by atoms with van der Waals surface area (Å²) in [6.07, 6.45) is 3.41. The van der Waals surface area contributed by atoms with Gasteiger partial charge in [0.05, 0.1) is 6.54 Å². The molecule has 5 nitrogen and oxygen atoms in total. The third kappa shape index (κ3) is 6.56. The van der Waals surface area contributed by atoms with Gasteiger partial charge in [0.2, 0.25) is 11.8 Å². The molecule has 27 heavy (non-hydrogen) atoms. The quantitative estimate of drug-likeness (QED) is 0.555. The molecule has 0 aliphatic carbocycles. The lowest BCUT2D eigenvalue weighted by Gasteiger charge is -2.41. The van der Waals surface area contributed by atoms with E-state index in [0.29, 0.717) is 19.5 Å². The van der Waals surface area contributed by atoms with Crippen LogP contribution >= 0.6 is 35.8 Å². The van der Waals surface area contributed by atoms with Crippen molar-refractivity contribution in [3.63, 3.8) is 0 Å². The van der Waals surface area contributed by atoms with Crippen LogP contribution in [0.25, 0.3) is 0 Å². The number of hydrogen-bond acceptors (Lipinski definition) is 4. The molecule has 1 atom stereocenters. The molecule has 2 aliphatic heterocycles. The van der Waals surface area contributed by atoms with Crippen molar-refractivity contribution in [3.05, 3.63) is 29.3 Å². The van der Waals surface area contributed by atoms with Gasteiger partial charge in [-0.15, -0.1) is 24.2 Å². The summed E-state index contributed by atoms with van der Waals surface area (Å²) >= 11 is 7.64. The first-order valence-corrected chi connectivity index (χ1v) is 10.7. The van der Waals surface area contributed by atoms with E-state index in [-0.39, 0.29) is 30.3 Å². The van der Waals surface area contributed by atoms with E-state index in [4.69, 9.17) is 11.6 Å². The fourth-order valence-electron chi connectivity index (χ4n) is 3.55. The Hall–Kier alpha value is -0.950. The van der Waals surface area contributed by atoms with Gasteiger partial charge in [-0.25, -0.2) is 0 Å². The maximum atomic E-state index is 12.5. The summed E-state index contributed by atoms with van der Waals surface area (Å²) in [6.45, 7) is 3.53. The molecule has 0 bridgehead atoms. The highest BCUT2D eigenvalue weighted by atomic mass is 35.5. The van der Waals surface area contributed by atoms with Crippen LogP contribution in [0.3, 0.4) is 0 Å². The summed E-state index contributed by atoms with van der Waals surface area (Å²) < 4.78 is 0. The molecule has 8 heteroatoms. The smallest absolute Gasteiger partial charge is 0.236 e. The molecule has 150 valence electrons. The van der Waals surface area contributed by atoms with Crippen LogP contribution in [0.2, 0.25) is 5.02 Å². The van der Waals surface area contributed by atoms with E-state index in [9.17, 15) is 9.59 Å². The number of hydrogen-bond donors (Lipinski definition) is 1. The Morgan fingerprint density at radius 2 is 2.04 bits per heavy atom. The summed E-state index contributed by atoms with van der Waals surface area (Å²) in [5, 5.41) is 3.85. The standard InChI is InChI=1S/C19H26ClN3O2S.ClH/c20-15-5-7-17(8-6-15)26-12-2-4-18(24)22-10-1-3-16(14-22)23-11-9-21-13-19(23)25;/h5-8,16,21H,1-4,9-14H2;1H. The largest absolute Gasteiger partial charge is 0.341 e. The van der Waals surface area contributed by atoms with Gasteiger partial charge in [0.15, 0.2) is 0 Å². The van der Waals surface area contributed by atoms with Crippen molar-refractivity contribution in [3.8, 4) is 0 Å². The molecule has 1 N–H and O–H groups in total. The molecule has 0 aromatic heterocycles. The monoisotopic (exact) mass is 431 g/mol. The van der Waals surface area contributed by atoms with Crippen LogP contribution in [0.1, 0.15) is 25.7 Å². The van der Waals surface area contributed by atoms with Crippen molar-refractivity contribution in [2.75, 3.05) is 38.5 Å². The number of nitrogens with zero attached hydrogens (tertiary/aromatic N) is 2. The van der Waals surface area contributed by atoms with Crippen LogP contribution in [-0.2, 0) is 9.59 Å². The van der Waals surface area contributed by atoms with Gasteiger partial charge in [0.25, 0.3) is 0 Å². The highest BCUT2D eigenvalue weighted by Gasteiger charge is 2.31. The molecule has 2 heterocycles. The molecular weight excluding hydrogens is 405 g/mol. The second-order valence-corrected chi connectivity index (χ2v) is 8.41. The fraction of sp³-hybridized carbons (Fsp3) is 0.579. The first-order valence-electron chi connectivity index (χ1n) is 9.30. The predicted octanol–water partition coefficient (Wildman–Crippen LogP) is 3.06. The second-order valence-electron chi connectivity index (χ2n) is 6.81. The van der Waals surface area contributed by atoms with Crippen molar-refractivity contribution in [1.29, 1.82) is 0 Å². The topological polar surface area (TPSA) is 52.7 Å². The molecule has 3 rings (SSSR count). The zero-order valence-electron chi connectivity index (χ0n) is 15.4.